The molecule has 0 aromatic rings. The summed E-state index contributed by atoms with van der Waals surface area (Å²) in [4.78, 5) is 27.1. The molecule has 0 saturated carbocycles. The van der Waals surface area contributed by atoms with Crippen LogP contribution in [0.4, 0.5) is 4.79 Å². The van der Waals surface area contributed by atoms with Gasteiger partial charge in [-0.15, -0.1) is 0 Å². The van der Waals surface area contributed by atoms with Gasteiger partial charge in [0.25, 0.3) is 0 Å². The molecule has 2 atom stereocenters. The van der Waals surface area contributed by atoms with Gasteiger partial charge in [-0.05, 0) is 53.1 Å². The van der Waals surface area contributed by atoms with Crippen molar-refractivity contribution in [1.82, 2.24) is 9.80 Å². The van der Waals surface area contributed by atoms with E-state index in [0.717, 1.165) is 25.9 Å². The van der Waals surface area contributed by atoms with Crippen molar-refractivity contribution in [2.24, 2.45) is 0 Å². The van der Waals surface area contributed by atoms with Crippen molar-refractivity contribution in [3.8, 4) is 0 Å². The number of amides is 1. The molecule has 7 heteroatoms. The first-order chi connectivity index (χ1) is 9.78. The van der Waals surface area contributed by atoms with Crippen LogP contribution in [0.2, 0.25) is 0 Å². The number of hydrogen-bond donors (Lipinski definition) is 0. The predicted molar refractivity (Wildman–Crippen MR) is 75.6 cm³/mol. The van der Waals surface area contributed by atoms with Gasteiger partial charge >= 0.3 is 25.0 Å². The van der Waals surface area contributed by atoms with E-state index in [0.29, 0.717) is 13.0 Å². The van der Waals surface area contributed by atoms with Crippen LogP contribution in [-0.4, -0.2) is 59.2 Å². The maximum Gasteiger partial charge on any atom is 1.00 e. The summed E-state index contributed by atoms with van der Waals surface area (Å²) in [6.45, 7) is 7.69. The number of nitrogens with zero attached hydrogens (tertiary/aromatic N) is 2. The molecule has 2 rings (SSSR count). The first kappa shape index (κ1) is 19.3. The Morgan fingerprint density at radius 3 is 2.23 bits per heavy atom. The summed E-state index contributed by atoms with van der Waals surface area (Å²) in [5, 5.41) is 11.3. The van der Waals surface area contributed by atoms with Crippen LogP contribution in [0.3, 0.4) is 0 Å². The Morgan fingerprint density at radius 2 is 1.73 bits per heavy atom. The second-order valence-electron chi connectivity index (χ2n) is 6.95. The molecule has 2 aliphatic heterocycles. The molecule has 0 aromatic heterocycles. The summed E-state index contributed by atoms with van der Waals surface area (Å²) in [7, 11) is 0. The van der Waals surface area contributed by atoms with Gasteiger partial charge < -0.3 is 14.6 Å². The van der Waals surface area contributed by atoms with E-state index in [2.05, 4.69) is 4.90 Å². The third kappa shape index (κ3) is 4.90. The molecule has 2 saturated heterocycles. The summed E-state index contributed by atoms with van der Waals surface area (Å²) in [6, 6.07) is -0.785. The van der Waals surface area contributed by atoms with Crippen molar-refractivity contribution in [1.29, 1.82) is 0 Å². The summed E-state index contributed by atoms with van der Waals surface area (Å²) < 4.78 is 5.32. The molecule has 2 heterocycles. The normalized spacial score (nSPS) is 26.4. The van der Waals surface area contributed by atoms with Gasteiger partial charge in [0.05, 0.1) is 12.0 Å². The van der Waals surface area contributed by atoms with Crippen molar-refractivity contribution in [3.63, 3.8) is 0 Å². The number of rotatable bonds is 2. The monoisotopic (exact) mass is 304 g/mol. The van der Waals surface area contributed by atoms with Crippen LogP contribution in [0.25, 0.3) is 0 Å². The van der Waals surface area contributed by atoms with E-state index in [1.165, 1.54) is 11.3 Å². The summed E-state index contributed by atoms with van der Waals surface area (Å²) in [6.07, 6.45) is 3.37. The number of hydrogen-bond acceptors (Lipinski definition) is 5. The number of carboxylic acid groups (broad SMARTS) is 1. The van der Waals surface area contributed by atoms with Gasteiger partial charge in [-0.25, -0.2) is 4.79 Å². The van der Waals surface area contributed by atoms with Gasteiger partial charge in [0.15, 0.2) is 0 Å². The van der Waals surface area contributed by atoms with E-state index < -0.39 is 23.7 Å². The zero-order valence-corrected chi connectivity index (χ0v) is 14.1. The Labute approximate surface area is 144 Å². The molecule has 2 aliphatic rings. The van der Waals surface area contributed by atoms with E-state index in [1.807, 2.05) is 0 Å². The zero-order chi connectivity index (χ0) is 15.6. The molecular weight excluding hydrogens is 279 g/mol. The number of ether oxygens (including phenoxy) is 1. The minimum absolute atomic E-state index is 0. The van der Waals surface area contributed by atoms with E-state index in [9.17, 15) is 14.7 Å². The largest absolute Gasteiger partial charge is 1.00 e. The van der Waals surface area contributed by atoms with Crippen LogP contribution in [0, 0.1) is 0 Å². The van der Waals surface area contributed by atoms with Gasteiger partial charge in [0.2, 0.25) is 0 Å². The number of carbonyl (C=O) groups excluding carboxylic acids is 2. The van der Waals surface area contributed by atoms with Crippen LogP contribution >= 0.6 is 0 Å². The van der Waals surface area contributed by atoms with E-state index in [1.54, 1.807) is 20.8 Å². The number of piperidine rings is 1. The van der Waals surface area contributed by atoms with Crippen molar-refractivity contribution in [3.05, 3.63) is 0 Å². The topological polar surface area (TPSA) is 72.9 Å². The molecule has 0 aliphatic carbocycles. The molecule has 0 spiro atoms. The van der Waals surface area contributed by atoms with Crippen LogP contribution in [0.15, 0.2) is 0 Å². The predicted octanol–water partition coefficient (Wildman–Crippen LogP) is -2.40. The Balaban J connectivity index is 0.00000242. The Kier molecular flexibility index (Phi) is 6.79. The van der Waals surface area contributed by atoms with Crippen molar-refractivity contribution in [2.45, 2.75) is 64.1 Å². The fraction of sp³-hybridized carbons (Fsp3) is 0.867. The van der Waals surface area contributed by atoms with Gasteiger partial charge in [-0.2, -0.15) is 0 Å². The fourth-order valence-corrected chi connectivity index (χ4v) is 3.11. The second-order valence-corrected chi connectivity index (χ2v) is 6.95. The fourth-order valence-electron chi connectivity index (χ4n) is 3.11. The molecule has 22 heavy (non-hydrogen) atoms. The minimum atomic E-state index is -1.19. The first-order valence-corrected chi connectivity index (χ1v) is 7.72. The molecule has 0 radical (unpaired) electrons. The summed E-state index contributed by atoms with van der Waals surface area (Å²) in [5.41, 5.74) is -0.628. The SMILES string of the molecule is CC(C)(C)OC(=O)N1C[C@H](N2CCCCC2)C[C@@H]1C(=O)[O-].[Li+]. The smallest absolute Gasteiger partial charge is 0.548 e. The third-order valence-corrected chi connectivity index (χ3v) is 4.09. The Morgan fingerprint density at radius 1 is 1.14 bits per heavy atom. The first-order valence-electron chi connectivity index (χ1n) is 7.72. The third-order valence-electron chi connectivity index (χ3n) is 4.09. The number of carbonyl (C=O) groups is 2. The standard InChI is InChI=1S/C15H26N2O4.Li/c1-15(2,3)21-14(20)17-10-11(9-12(17)13(18)19)16-7-5-4-6-8-16;/h11-12H,4-10H2,1-3H3,(H,18,19);/q;+1/p-1/t11-,12-;/m1./s1. The average molecular weight is 304 g/mol. The van der Waals surface area contributed by atoms with Gasteiger partial charge in [-0.3, -0.25) is 9.80 Å². The van der Waals surface area contributed by atoms with E-state index in [4.69, 9.17) is 4.74 Å². The number of aliphatic carboxylic acids is 1. The van der Waals surface area contributed by atoms with E-state index in [-0.39, 0.29) is 24.9 Å². The second kappa shape index (κ2) is 7.72. The summed E-state index contributed by atoms with van der Waals surface area (Å²) >= 11 is 0. The number of likely N-dealkylation sites (tertiary alicyclic amines) is 2. The van der Waals surface area contributed by atoms with Crippen LogP contribution in [0.5, 0.6) is 0 Å². The molecule has 120 valence electrons. The molecule has 0 unspecified atom stereocenters. The number of carboxylic acids is 1. The molecule has 0 N–H and O–H groups in total. The van der Waals surface area contributed by atoms with Crippen molar-refractivity contribution < 1.29 is 38.3 Å². The zero-order valence-electron chi connectivity index (χ0n) is 14.1. The molecule has 0 bridgehead atoms. The minimum Gasteiger partial charge on any atom is -0.548 e. The van der Waals surface area contributed by atoms with Crippen molar-refractivity contribution >= 4 is 12.1 Å². The molecular formula is C15H25LiN2O4. The molecule has 6 nitrogen and oxygen atoms in total. The van der Waals surface area contributed by atoms with Gasteiger partial charge in [0.1, 0.15) is 5.60 Å². The van der Waals surface area contributed by atoms with Gasteiger partial charge in [-0.1, -0.05) is 6.42 Å². The Bertz CT molecular complexity index is 405. The van der Waals surface area contributed by atoms with Crippen LogP contribution in [0.1, 0.15) is 46.5 Å². The maximum atomic E-state index is 12.2. The Hall–Kier alpha value is -0.703. The maximum absolute atomic E-state index is 12.2. The van der Waals surface area contributed by atoms with Crippen molar-refractivity contribution in [2.75, 3.05) is 19.6 Å². The average Bonchev–Trinajstić information content (AvgIpc) is 2.83. The quantitative estimate of drug-likeness (QED) is 0.532. The van der Waals surface area contributed by atoms with Gasteiger partial charge in [0, 0.05) is 12.6 Å². The van der Waals surface area contributed by atoms with E-state index >= 15 is 0 Å². The van der Waals surface area contributed by atoms with Crippen LogP contribution < -0.4 is 24.0 Å². The molecule has 0 aromatic carbocycles. The molecule has 2 fully saturated rings. The summed E-state index contributed by atoms with van der Waals surface area (Å²) in [5.74, 6) is -1.19. The van der Waals surface area contributed by atoms with Crippen LogP contribution in [-0.2, 0) is 9.53 Å². The molecule has 1 amide bonds.